The lowest BCUT2D eigenvalue weighted by molar-refractivity contribution is -0.144. The predicted molar refractivity (Wildman–Crippen MR) is 63.2 cm³/mol. The summed E-state index contributed by atoms with van der Waals surface area (Å²) in [6.07, 6.45) is 3.20. The van der Waals surface area contributed by atoms with Gasteiger partial charge in [0, 0.05) is 13.0 Å². The molecular weight excluding hydrogens is 206 g/mol. The number of nitrogens with zero attached hydrogens (tertiary/aromatic N) is 1. The number of aliphatic carboxylic acids is 1. The van der Waals surface area contributed by atoms with Crippen LogP contribution in [0.4, 0.5) is 0 Å². The number of carboxylic acids is 1. The maximum Gasteiger partial charge on any atom is 0.323 e. The van der Waals surface area contributed by atoms with E-state index in [-0.39, 0.29) is 12.5 Å². The molecule has 0 bridgehead atoms. The van der Waals surface area contributed by atoms with Gasteiger partial charge in [-0.3, -0.25) is 9.59 Å². The van der Waals surface area contributed by atoms with Gasteiger partial charge in [0.15, 0.2) is 0 Å². The fraction of sp³-hybridized carbons (Fsp3) is 0.833. The van der Waals surface area contributed by atoms with Crippen molar-refractivity contribution in [3.63, 3.8) is 0 Å². The molecule has 0 unspecified atom stereocenters. The summed E-state index contributed by atoms with van der Waals surface area (Å²) in [4.78, 5) is 23.9. The van der Waals surface area contributed by atoms with Crippen molar-refractivity contribution in [1.29, 1.82) is 0 Å². The molecule has 0 radical (unpaired) electrons. The largest absolute Gasteiger partial charge is 0.480 e. The monoisotopic (exact) mass is 229 g/mol. The molecule has 0 rings (SSSR count). The number of rotatable bonds is 8. The minimum absolute atomic E-state index is 0.0297. The van der Waals surface area contributed by atoms with Gasteiger partial charge in [-0.15, -0.1) is 0 Å². The quantitative estimate of drug-likeness (QED) is 0.693. The van der Waals surface area contributed by atoms with Gasteiger partial charge < -0.3 is 10.0 Å². The molecule has 0 fully saturated rings. The molecule has 0 aliphatic rings. The number of carboxylic acid groups (broad SMARTS) is 1. The van der Waals surface area contributed by atoms with Crippen LogP contribution in [0.25, 0.3) is 0 Å². The minimum atomic E-state index is -0.939. The van der Waals surface area contributed by atoms with Crippen LogP contribution in [0.3, 0.4) is 0 Å². The zero-order valence-electron chi connectivity index (χ0n) is 10.5. The lowest BCUT2D eigenvalue weighted by Crippen LogP contribution is -2.37. The third-order valence-electron chi connectivity index (χ3n) is 2.79. The Kier molecular flexibility index (Phi) is 7.60. The molecule has 0 aromatic rings. The average Bonchev–Trinajstić information content (AvgIpc) is 2.24. The second kappa shape index (κ2) is 8.13. The van der Waals surface area contributed by atoms with Gasteiger partial charge in [0.25, 0.3) is 0 Å². The smallest absolute Gasteiger partial charge is 0.323 e. The Bertz CT molecular complexity index is 224. The molecular formula is C12H23NO3. The summed E-state index contributed by atoms with van der Waals surface area (Å²) >= 11 is 0. The van der Waals surface area contributed by atoms with E-state index < -0.39 is 5.97 Å². The van der Waals surface area contributed by atoms with Gasteiger partial charge in [0.05, 0.1) is 0 Å². The normalized spacial score (nSPS) is 10.5. The number of hydrogen-bond donors (Lipinski definition) is 1. The van der Waals surface area contributed by atoms with Crippen LogP contribution in [0.15, 0.2) is 0 Å². The van der Waals surface area contributed by atoms with E-state index in [2.05, 4.69) is 13.8 Å². The van der Waals surface area contributed by atoms with Crippen molar-refractivity contribution in [2.75, 3.05) is 13.1 Å². The Morgan fingerprint density at radius 3 is 2.12 bits per heavy atom. The fourth-order valence-electron chi connectivity index (χ4n) is 1.68. The van der Waals surface area contributed by atoms with Crippen LogP contribution < -0.4 is 0 Å². The van der Waals surface area contributed by atoms with Gasteiger partial charge in [0.2, 0.25) is 5.91 Å². The number of carbonyl (C=O) groups is 2. The van der Waals surface area contributed by atoms with Crippen molar-refractivity contribution >= 4 is 11.9 Å². The van der Waals surface area contributed by atoms with Crippen molar-refractivity contribution in [1.82, 2.24) is 4.90 Å². The van der Waals surface area contributed by atoms with E-state index in [9.17, 15) is 9.59 Å². The van der Waals surface area contributed by atoms with Crippen LogP contribution in [-0.4, -0.2) is 35.0 Å². The van der Waals surface area contributed by atoms with Crippen LogP contribution in [0.1, 0.15) is 46.5 Å². The second-order valence-corrected chi connectivity index (χ2v) is 4.10. The van der Waals surface area contributed by atoms with Crippen LogP contribution in [0, 0.1) is 5.92 Å². The molecule has 0 aliphatic heterocycles. The first-order valence-corrected chi connectivity index (χ1v) is 6.04. The highest BCUT2D eigenvalue weighted by Crippen LogP contribution is 2.14. The molecule has 4 nitrogen and oxygen atoms in total. The molecule has 0 heterocycles. The number of amides is 1. The third-order valence-corrected chi connectivity index (χ3v) is 2.79. The fourth-order valence-corrected chi connectivity index (χ4v) is 1.68. The van der Waals surface area contributed by atoms with Crippen molar-refractivity contribution in [3.05, 3.63) is 0 Å². The molecule has 4 heteroatoms. The Morgan fingerprint density at radius 1 is 1.19 bits per heavy atom. The molecule has 0 atom stereocenters. The van der Waals surface area contributed by atoms with E-state index in [1.165, 1.54) is 4.90 Å². The van der Waals surface area contributed by atoms with Gasteiger partial charge in [-0.2, -0.15) is 0 Å². The van der Waals surface area contributed by atoms with Gasteiger partial charge in [-0.1, -0.05) is 33.6 Å². The van der Waals surface area contributed by atoms with Crippen molar-refractivity contribution in [2.45, 2.75) is 46.5 Å². The molecule has 0 aliphatic carbocycles. The van der Waals surface area contributed by atoms with Gasteiger partial charge >= 0.3 is 5.97 Å². The van der Waals surface area contributed by atoms with Gasteiger partial charge in [-0.25, -0.2) is 0 Å². The third kappa shape index (κ3) is 5.73. The molecule has 16 heavy (non-hydrogen) atoms. The van der Waals surface area contributed by atoms with Crippen LogP contribution in [-0.2, 0) is 9.59 Å². The summed E-state index contributed by atoms with van der Waals surface area (Å²) in [5.41, 5.74) is 0. The molecule has 0 saturated heterocycles. The van der Waals surface area contributed by atoms with Crippen LogP contribution in [0.5, 0.6) is 0 Å². The van der Waals surface area contributed by atoms with Crippen molar-refractivity contribution in [3.8, 4) is 0 Å². The maximum absolute atomic E-state index is 11.9. The Balaban J connectivity index is 4.30. The van der Waals surface area contributed by atoms with E-state index in [0.29, 0.717) is 18.9 Å². The zero-order valence-corrected chi connectivity index (χ0v) is 10.5. The Labute approximate surface area is 97.6 Å². The SMILES string of the molecule is CCCN(CC(=O)O)C(=O)CC(CC)CC. The summed E-state index contributed by atoms with van der Waals surface area (Å²) in [6, 6.07) is 0. The zero-order chi connectivity index (χ0) is 12.6. The Hall–Kier alpha value is -1.06. The minimum Gasteiger partial charge on any atom is -0.480 e. The molecule has 0 aromatic heterocycles. The van der Waals surface area contributed by atoms with Crippen LogP contribution in [0.2, 0.25) is 0 Å². The highest BCUT2D eigenvalue weighted by Gasteiger charge is 2.18. The summed E-state index contributed by atoms with van der Waals surface area (Å²) in [5.74, 6) is -0.593. The van der Waals surface area contributed by atoms with E-state index in [1.54, 1.807) is 0 Å². The summed E-state index contributed by atoms with van der Waals surface area (Å²) in [7, 11) is 0. The molecule has 0 aromatic carbocycles. The van der Waals surface area contributed by atoms with E-state index in [0.717, 1.165) is 19.3 Å². The number of carbonyl (C=O) groups excluding carboxylic acids is 1. The highest BCUT2D eigenvalue weighted by molar-refractivity contribution is 5.81. The summed E-state index contributed by atoms with van der Waals surface area (Å²) < 4.78 is 0. The highest BCUT2D eigenvalue weighted by atomic mass is 16.4. The topological polar surface area (TPSA) is 57.6 Å². The molecule has 0 saturated carbocycles. The first-order valence-electron chi connectivity index (χ1n) is 6.04. The molecule has 94 valence electrons. The average molecular weight is 229 g/mol. The standard InChI is InChI=1S/C12H23NO3/c1-4-7-13(9-12(15)16)11(14)8-10(5-2)6-3/h10H,4-9H2,1-3H3,(H,15,16). The lowest BCUT2D eigenvalue weighted by atomic mass is 9.99. The van der Waals surface area contributed by atoms with Gasteiger partial charge in [0.1, 0.15) is 6.54 Å². The first kappa shape index (κ1) is 14.9. The van der Waals surface area contributed by atoms with E-state index in [4.69, 9.17) is 5.11 Å². The summed E-state index contributed by atoms with van der Waals surface area (Å²) in [5, 5.41) is 8.71. The molecule has 0 spiro atoms. The van der Waals surface area contributed by atoms with E-state index >= 15 is 0 Å². The van der Waals surface area contributed by atoms with E-state index in [1.807, 2.05) is 6.92 Å². The Morgan fingerprint density at radius 2 is 1.75 bits per heavy atom. The van der Waals surface area contributed by atoms with Gasteiger partial charge in [-0.05, 0) is 12.3 Å². The molecule has 1 N–H and O–H groups in total. The van der Waals surface area contributed by atoms with Crippen LogP contribution >= 0.6 is 0 Å². The molecule has 1 amide bonds. The van der Waals surface area contributed by atoms with Crippen molar-refractivity contribution < 1.29 is 14.7 Å². The first-order chi connectivity index (χ1) is 7.54. The number of hydrogen-bond acceptors (Lipinski definition) is 2. The predicted octanol–water partition coefficient (Wildman–Crippen LogP) is 2.14. The maximum atomic E-state index is 11.9. The summed E-state index contributed by atoms with van der Waals surface area (Å²) in [6.45, 7) is 6.42. The lowest BCUT2D eigenvalue weighted by Gasteiger charge is -2.22. The second-order valence-electron chi connectivity index (χ2n) is 4.10. The van der Waals surface area contributed by atoms with Crippen molar-refractivity contribution in [2.24, 2.45) is 5.92 Å².